The van der Waals surface area contributed by atoms with Crippen LogP contribution in [0, 0.1) is 0 Å². The molecule has 5 atom stereocenters. The lowest BCUT2D eigenvalue weighted by Crippen LogP contribution is -2.70. The van der Waals surface area contributed by atoms with E-state index in [1.54, 1.807) is 4.90 Å². The van der Waals surface area contributed by atoms with Gasteiger partial charge in [0.05, 0.1) is 18.8 Å². The fourth-order valence-electron chi connectivity index (χ4n) is 3.98. The first-order valence-electron chi connectivity index (χ1n) is 9.81. The second kappa shape index (κ2) is 7.43. The molecule has 27 heavy (non-hydrogen) atoms. The Morgan fingerprint density at radius 2 is 1.89 bits per heavy atom. The van der Waals surface area contributed by atoms with Crippen LogP contribution in [-0.4, -0.2) is 47.9 Å². The molecule has 0 saturated carbocycles. The summed E-state index contributed by atoms with van der Waals surface area (Å²) >= 11 is 0. The van der Waals surface area contributed by atoms with Gasteiger partial charge in [0.2, 0.25) is 0 Å². The highest BCUT2D eigenvalue weighted by Gasteiger charge is 2.53. The van der Waals surface area contributed by atoms with Crippen LogP contribution in [0.1, 0.15) is 25.3 Å². The van der Waals surface area contributed by atoms with Gasteiger partial charge in [0, 0.05) is 15.0 Å². The number of aliphatic hydroxyl groups is 1. The van der Waals surface area contributed by atoms with Gasteiger partial charge in [0.1, 0.15) is 5.60 Å². The molecule has 2 fully saturated rings. The maximum Gasteiger partial charge on any atom is 0.254 e. The summed E-state index contributed by atoms with van der Waals surface area (Å²) in [5.41, 5.74) is 0.371. The molecule has 2 aromatic carbocycles. The van der Waals surface area contributed by atoms with Crippen molar-refractivity contribution in [3.05, 3.63) is 71.8 Å². The number of methoxy groups -OCH3 is 1. The van der Waals surface area contributed by atoms with Crippen LogP contribution in [0.4, 0.5) is 0 Å². The maximum atomic E-state index is 12.5. The van der Waals surface area contributed by atoms with Crippen molar-refractivity contribution >= 4 is 5.91 Å². The summed E-state index contributed by atoms with van der Waals surface area (Å²) in [4.78, 5) is 14.3. The topological polar surface area (TPSA) is 59.0 Å². The molecular formula is C22H25NO4. The lowest BCUT2D eigenvalue weighted by Gasteiger charge is -2.51. The number of hydrogen-bond acceptors (Lipinski definition) is 4. The summed E-state index contributed by atoms with van der Waals surface area (Å²) in [6.07, 6.45) is -1.34. The summed E-state index contributed by atoms with van der Waals surface area (Å²) < 4.78 is 20.0. The third-order valence-corrected chi connectivity index (χ3v) is 5.51. The zero-order valence-corrected chi connectivity index (χ0v) is 15.3. The first-order chi connectivity index (χ1) is 13.5. The number of nitrogens with zero attached hydrogens (tertiary/aromatic N) is 1. The predicted molar refractivity (Wildman–Crippen MR) is 101 cm³/mol. The minimum Gasteiger partial charge on any atom is -0.383 e. The van der Waals surface area contributed by atoms with Crippen LogP contribution in [0.2, 0.25) is 0 Å². The lowest BCUT2D eigenvalue weighted by atomic mass is 9.82. The van der Waals surface area contributed by atoms with Crippen molar-refractivity contribution in [3.8, 4) is 0 Å². The highest BCUT2D eigenvalue weighted by Crippen LogP contribution is 2.38. The van der Waals surface area contributed by atoms with E-state index in [1.807, 2.05) is 60.7 Å². The molecule has 2 unspecified atom stereocenters. The molecule has 0 spiro atoms. The molecule has 5 nitrogen and oxygen atoms in total. The van der Waals surface area contributed by atoms with Crippen LogP contribution in [0.3, 0.4) is 0 Å². The summed E-state index contributed by atoms with van der Waals surface area (Å²) in [6.45, 7) is 0.506. The van der Waals surface area contributed by atoms with Crippen molar-refractivity contribution in [1.82, 2.24) is 4.90 Å². The van der Waals surface area contributed by atoms with Crippen molar-refractivity contribution in [3.63, 3.8) is 0 Å². The van der Waals surface area contributed by atoms with Crippen LogP contribution >= 0.6 is 0 Å². The average Bonchev–Trinajstić information content (AvgIpc) is 2.73. The standard InChI is InChI=1S/C22H25NO4/c1-26-20-19(23(21(20)24)14-16-8-4-2-5-9-16)18-12-13-22(25,15-27-18)17-10-6-3-7-11-17/h2-11,18-20,25H,12-15H2,1H3/t18-,19?,20-,22+/m1/s1/i13D/t13?,18-,19?,20-,22+. The van der Waals surface area contributed by atoms with Gasteiger partial charge in [-0.05, 0) is 23.9 Å². The number of carbonyl (C=O) groups excluding carboxylic acids is 1. The third-order valence-electron chi connectivity index (χ3n) is 5.51. The summed E-state index contributed by atoms with van der Waals surface area (Å²) in [5.74, 6) is -0.0645. The van der Waals surface area contributed by atoms with Gasteiger partial charge in [0.15, 0.2) is 6.10 Å². The molecule has 2 aliphatic rings. The van der Waals surface area contributed by atoms with E-state index in [0.29, 0.717) is 18.5 Å². The van der Waals surface area contributed by atoms with Gasteiger partial charge >= 0.3 is 0 Å². The van der Waals surface area contributed by atoms with Crippen LogP contribution < -0.4 is 0 Å². The smallest absolute Gasteiger partial charge is 0.254 e. The van der Waals surface area contributed by atoms with Gasteiger partial charge in [-0.15, -0.1) is 0 Å². The van der Waals surface area contributed by atoms with Crippen LogP contribution in [0.15, 0.2) is 60.7 Å². The Morgan fingerprint density at radius 1 is 1.22 bits per heavy atom. The Morgan fingerprint density at radius 3 is 2.52 bits per heavy atom. The van der Waals surface area contributed by atoms with Crippen molar-refractivity contribution in [2.75, 3.05) is 13.7 Å². The molecule has 4 rings (SSSR count). The van der Waals surface area contributed by atoms with Gasteiger partial charge in [-0.3, -0.25) is 4.79 Å². The van der Waals surface area contributed by atoms with Crippen LogP contribution in [0.5, 0.6) is 0 Å². The summed E-state index contributed by atoms with van der Waals surface area (Å²) in [6, 6.07) is 18.7. The van der Waals surface area contributed by atoms with E-state index >= 15 is 0 Å². The molecule has 0 aliphatic carbocycles. The average molecular weight is 368 g/mol. The molecule has 5 heteroatoms. The van der Waals surface area contributed by atoms with E-state index < -0.39 is 18.1 Å². The molecular weight excluding hydrogens is 342 g/mol. The molecule has 1 amide bonds. The van der Waals surface area contributed by atoms with Crippen molar-refractivity contribution in [2.45, 2.75) is 43.2 Å². The van der Waals surface area contributed by atoms with E-state index in [9.17, 15) is 9.90 Å². The molecule has 2 aromatic rings. The molecule has 0 aromatic heterocycles. The van der Waals surface area contributed by atoms with Crippen molar-refractivity contribution in [1.29, 1.82) is 0 Å². The predicted octanol–water partition coefficient (Wildman–Crippen LogP) is 2.48. The van der Waals surface area contributed by atoms with E-state index in [2.05, 4.69) is 0 Å². The van der Waals surface area contributed by atoms with Crippen LogP contribution in [-0.2, 0) is 26.4 Å². The fraction of sp³-hybridized carbons (Fsp3) is 0.409. The first kappa shape index (κ1) is 16.9. The SMILES string of the molecule is [2H]C1C[C@H](C2[C@@H](OC)C(=O)N2Cc2ccccc2)OC[C@]1(O)c1ccccc1. The molecule has 2 saturated heterocycles. The van der Waals surface area contributed by atoms with Crippen LogP contribution in [0.25, 0.3) is 0 Å². The number of ether oxygens (including phenoxy) is 2. The van der Waals surface area contributed by atoms with E-state index in [0.717, 1.165) is 5.56 Å². The Hall–Kier alpha value is -2.21. The largest absolute Gasteiger partial charge is 0.383 e. The van der Waals surface area contributed by atoms with E-state index in [4.69, 9.17) is 10.8 Å². The lowest BCUT2D eigenvalue weighted by molar-refractivity contribution is -0.203. The van der Waals surface area contributed by atoms with Gasteiger partial charge in [0.25, 0.3) is 5.91 Å². The Bertz CT molecular complexity index is 818. The highest BCUT2D eigenvalue weighted by atomic mass is 16.5. The first-order valence-corrected chi connectivity index (χ1v) is 9.23. The molecule has 142 valence electrons. The number of hydrogen-bond donors (Lipinski definition) is 1. The summed E-state index contributed by atoms with van der Waals surface area (Å²) in [5, 5.41) is 11.1. The number of rotatable bonds is 5. The normalized spacial score (nSPS) is 34.1. The monoisotopic (exact) mass is 368 g/mol. The molecule has 1 N–H and O–H groups in total. The van der Waals surface area contributed by atoms with E-state index in [1.165, 1.54) is 7.11 Å². The number of β-lactam (4-membered cyclic amide) rings is 1. The fourth-order valence-corrected chi connectivity index (χ4v) is 3.98. The summed E-state index contributed by atoms with van der Waals surface area (Å²) in [7, 11) is 1.52. The molecule has 2 heterocycles. The third kappa shape index (κ3) is 3.38. The van der Waals surface area contributed by atoms with Crippen molar-refractivity contribution in [2.24, 2.45) is 0 Å². The van der Waals surface area contributed by atoms with Gasteiger partial charge in [-0.2, -0.15) is 0 Å². The zero-order chi connectivity index (χ0) is 19.7. The highest BCUT2D eigenvalue weighted by molar-refractivity contribution is 5.88. The van der Waals surface area contributed by atoms with Crippen molar-refractivity contribution < 1.29 is 20.7 Å². The van der Waals surface area contributed by atoms with E-state index in [-0.39, 0.29) is 24.7 Å². The van der Waals surface area contributed by atoms with Gasteiger partial charge in [-0.25, -0.2) is 0 Å². The minimum atomic E-state index is -1.35. The Balaban J connectivity index is 1.50. The number of amides is 1. The zero-order valence-electron chi connectivity index (χ0n) is 16.3. The number of likely N-dealkylation sites (tertiary alicyclic amines) is 1. The maximum absolute atomic E-state index is 12.5. The minimum absolute atomic E-state index is 0.0240. The number of benzene rings is 2. The second-order valence-electron chi connectivity index (χ2n) is 7.18. The molecule has 2 aliphatic heterocycles. The quantitative estimate of drug-likeness (QED) is 0.824. The molecule has 0 bridgehead atoms. The Kier molecular flexibility index (Phi) is 4.66. The van der Waals surface area contributed by atoms with Gasteiger partial charge < -0.3 is 19.5 Å². The Labute approximate surface area is 160 Å². The number of carbonyl (C=O) groups is 1. The van der Waals surface area contributed by atoms with Gasteiger partial charge in [-0.1, -0.05) is 60.7 Å². The molecule has 0 radical (unpaired) electrons. The second-order valence-corrected chi connectivity index (χ2v) is 7.18.